The van der Waals surface area contributed by atoms with Crippen molar-refractivity contribution >= 4 is 17.3 Å². The summed E-state index contributed by atoms with van der Waals surface area (Å²) in [5.41, 5.74) is 4.04. The van der Waals surface area contributed by atoms with E-state index in [-0.39, 0.29) is 11.8 Å². The second kappa shape index (κ2) is 7.51. The van der Waals surface area contributed by atoms with Crippen LogP contribution in [0, 0.1) is 0 Å². The third-order valence-electron chi connectivity index (χ3n) is 4.33. The molecular weight excluding hydrogens is 316 g/mol. The fraction of sp³-hybridized carbons (Fsp3) is 0.333. The van der Waals surface area contributed by atoms with Crippen LogP contribution in [-0.2, 0) is 9.53 Å². The minimum atomic E-state index is -0.352. The average Bonchev–Trinajstić information content (AvgIpc) is 2.86. The van der Waals surface area contributed by atoms with Crippen LogP contribution in [-0.4, -0.2) is 25.0 Å². The highest BCUT2D eigenvalue weighted by molar-refractivity contribution is 6.07. The van der Waals surface area contributed by atoms with Gasteiger partial charge in [-0.25, -0.2) is 4.79 Å². The third kappa shape index (κ3) is 3.43. The van der Waals surface area contributed by atoms with Gasteiger partial charge in [0.05, 0.1) is 18.8 Å². The van der Waals surface area contributed by atoms with Gasteiger partial charge in [0.25, 0.3) is 0 Å². The predicted octanol–water partition coefficient (Wildman–Crippen LogP) is 4.50. The zero-order valence-electron chi connectivity index (χ0n) is 14.6. The second-order valence-corrected chi connectivity index (χ2v) is 5.99. The molecule has 0 aromatic carbocycles. The van der Waals surface area contributed by atoms with Gasteiger partial charge < -0.3 is 9.47 Å². The highest BCUT2D eigenvalue weighted by atomic mass is 16.5. The Morgan fingerprint density at radius 3 is 2.60 bits per heavy atom. The minimum absolute atomic E-state index is 0.131. The fourth-order valence-corrected chi connectivity index (χ4v) is 3.30. The SMILES string of the molecule is CCOC(=O)c1cc(C2=CC(=O)CCC2)c2c(OCC)ccccc1-2. The molecule has 3 aliphatic carbocycles. The van der Waals surface area contributed by atoms with Gasteiger partial charge in [0.15, 0.2) is 5.78 Å². The van der Waals surface area contributed by atoms with E-state index in [0.717, 1.165) is 35.1 Å². The molecule has 3 rings (SSSR count). The highest BCUT2D eigenvalue weighted by Gasteiger charge is 2.26. The van der Waals surface area contributed by atoms with Gasteiger partial charge >= 0.3 is 5.97 Å². The molecule has 0 bridgehead atoms. The Balaban J connectivity index is 2.23. The van der Waals surface area contributed by atoms with Crippen LogP contribution in [0.4, 0.5) is 0 Å². The van der Waals surface area contributed by atoms with Crippen LogP contribution in [0.3, 0.4) is 0 Å². The first-order valence-corrected chi connectivity index (χ1v) is 8.75. The number of allylic oxidation sites excluding steroid dienone is 2. The minimum Gasteiger partial charge on any atom is -0.493 e. The van der Waals surface area contributed by atoms with Crippen molar-refractivity contribution in [3.05, 3.63) is 47.5 Å². The molecule has 0 saturated carbocycles. The van der Waals surface area contributed by atoms with Crippen molar-refractivity contribution < 1.29 is 19.1 Å². The quantitative estimate of drug-likeness (QED) is 0.753. The summed E-state index contributed by atoms with van der Waals surface area (Å²) >= 11 is 0. The second-order valence-electron chi connectivity index (χ2n) is 5.99. The lowest BCUT2D eigenvalue weighted by molar-refractivity contribution is -0.114. The number of carbonyl (C=O) groups excluding carboxylic acids is 2. The molecule has 0 saturated heterocycles. The molecule has 0 aliphatic heterocycles. The Hall–Kier alpha value is -2.62. The van der Waals surface area contributed by atoms with E-state index >= 15 is 0 Å². The van der Waals surface area contributed by atoms with Crippen molar-refractivity contribution in [2.45, 2.75) is 33.1 Å². The molecule has 0 unspecified atom stereocenters. The molecule has 25 heavy (non-hydrogen) atoms. The number of rotatable bonds is 5. The van der Waals surface area contributed by atoms with Crippen LogP contribution in [0.25, 0.3) is 16.7 Å². The van der Waals surface area contributed by atoms with E-state index in [2.05, 4.69) is 0 Å². The topological polar surface area (TPSA) is 52.6 Å². The lowest BCUT2D eigenvalue weighted by Crippen LogP contribution is -2.04. The molecule has 0 fully saturated rings. The Kier molecular flexibility index (Phi) is 5.17. The normalized spacial score (nSPS) is 14.3. The van der Waals surface area contributed by atoms with Crippen LogP contribution >= 0.6 is 0 Å². The summed E-state index contributed by atoms with van der Waals surface area (Å²) < 4.78 is 11.0. The van der Waals surface area contributed by atoms with Crippen molar-refractivity contribution in [2.24, 2.45) is 0 Å². The standard InChI is InChI=1S/C21H22O4/c1-3-24-19-11-6-5-10-16-18(21(23)25-4-2)13-17(20(16)19)14-8-7-9-15(22)12-14/h5-6,10-13H,3-4,7-9H2,1-2H3. The Morgan fingerprint density at radius 2 is 1.88 bits per heavy atom. The van der Waals surface area contributed by atoms with Crippen molar-refractivity contribution in [3.8, 4) is 16.9 Å². The molecule has 0 heterocycles. The van der Waals surface area contributed by atoms with E-state index in [1.807, 2.05) is 37.3 Å². The monoisotopic (exact) mass is 338 g/mol. The first kappa shape index (κ1) is 17.2. The molecule has 0 atom stereocenters. The van der Waals surface area contributed by atoms with Crippen molar-refractivity contribution in [1.29, 1.82) is 0 Å². The number of hydrogen-bond donors (Lipinski definition) is 0. The largest absolute Gasteiger partial charge is 0.493 e. The van der Waals surface area contributed by atoms with E-state index in [1.54, 1.807) is 13.0 Å². The van der Waals surface area contributed by atoms with E-state index < -0.39 is 0 Å². The van der Waals surface area contributed by atoms with Crippen LogP contribution in [0.5, 0.6) is 5.75 Å². The highest BCUT2D eigenvalue weighted by Crippen LogP contribution is 2.44. The van der Waals surface area contributed by atoms with Gasteiger partial charge in [-0.05, 0) is 56.0 Å². The molecule has 0 aromatic rings. The zero-order valence-corrected chi connectivity index (χ0v) is 14.6. The maximum absolute atomic E-state index is 12.4. The van der Waals surface area contributed by atoms with Gasteiger partial charge in [0.2, 0.25) is 0 Å². The summed E-state index contributed by atoms with van der Waals surface area (Å²) in [5.74, 6) is 0.494. The third-order valence-corrected chi connectivity index (χ3v) is 4.33. The smallest absolute Gasteiger partial charge is 0.338 e. The summed E-state index contributed by atoms with van der Waals surface area (Å²) in [5, 5.41) is 0. The van der Waals surface area contributed by atoms with Crippen LogP contribution in [0.2, 0.25) is 0 Å². The number of carbonyl (C=O) groups is 2. The summed E-state index contributed by atoms with van der Waals surface area (Å²) in [4.78, 5) is 24.3. The van der Waals surface area contributed by atoms with E-state index in [4.69, 9.17) is 9.47 Å². The first-order chi connectivity index (χ1) is 12.2. The van der Waals surface area contributed by atoms with E-state index in [9.17, 15) is 9.59 Å². The fourth-order valence-electron chi connectivity index (χ4n) is 3.30. The van der Waals surface area contributed by atoms with Crippen LogP contribution in [0.1, 0.15) is 49.0 Å². The van der Waals surface area contributed by atoms with Crippen molar-refractivity contribution in [2.75, 3.05) is 13.2 Å². The first-order valence-electron chi connectivity index (χ1n) is 8.75. The summed E-state index contributed by atoms with van der Waals surface area (Å²) in [7, 11) is 0. The molecule has 4 heteroatoms. The number of ether oxygens (including phenoxy) is 2. The molecule has 0 N–H and O–H groups in total. The molecule has 0 aromatic heterocycles. The molecule has 4 nitrogen and oxygen atoms in total. The van der Waals surface area contributed by atoms with Gasteiger partial charge in [-0.2, -0.15) is 0 Å². The van der Waals surface area contributed by atoms with Gasteiger partial charge in [0, 0.05) is 17.5 Å². The lowest BCUT2D eigenvalue weighted by Gasteiger charge is -2.14. The summed E-state index contributed by atoms with van der Waals surface area (Å²) in [6, 6.07) is 9.42. The molecule has 0 radical (unpaired) electrons. The van der Waals surface area contributed by atoms with E-state index in [0.29, 0.717) is 30.9 Å². The van der Waals surface area contributed by atoms with Gasteiger partial charge in [-0.15, -0.1) is 0 Å². The van der Waals surface area contributed by atoms with Crippen molar-refractivity contribution in [1.82, 2.24) is 0 Å². The molecule has 3 aliphatic rings. The molecular formula is C21H22O4. The Morgan fingerprint density at radius 1 is 1.08 bits per heavy atom. The van der Waals surface area contributed by atoms with Crippen LogP contribution in [0.15, 0.2) is 36.4 Å². The number of esters is 1. The lowest BCUT2D eigenvalue weighted by atomic mass is 9.91. The van der Waals surface area contributed by atoms with Gasteiger partial charge in [-0.3, -0.25) is 4.79 Å². The summed E-state index contributed by atoms with van der Waals surface area (Å²) in [6.07, 6.45) is 3.93. The maximum Gasteiger partial charge on any atom is 0.338 e. The number of hydrogen-bond acceptors (Lipinski definition) is 4. The number of fused-ring (bicyclic) bond motifs is 1. The average molecular weight is 338 g/mol. The zero-order chi connectivity index (χ0) is 17.8. The predicted molar refractivity (Wildman–Crippen MR) is 97.0 cm³/mol. The molecule has 130 valence electrons. The molecule has 0 amide bonds. The molecule has 0 spiro atoms. The maximum atomic E-state index is 12.4. The Labute approximate surface area is 147 Å². The van der Waals surface area contributed by atoms with Gasteiger partial charge in [0.1, 0.15) is 5.75 Å². The Bertz CT molecular complexity index is 804. The number of ketones is 1. The van der Waals surface area contributed by atoms with Gasteiger partial charge in [-0.1, -0.05) is 18.2 Å². The van der Waals surface area contributed by atoms with Crippen molar-refractivity contribution in [3.63, 3.8) is 0 Å². The summed E-state index contributed by atoms with van der Waals surface area (Å²) in [6.45, 7) is 4.56. The van der Waals surface area contributed by atoms with E-state index in [1.165, 1.54) is 0 Å². The van der Waals surface area contributed by atoms with Crippen LogP contribution < -0.4 is 4.74 Å².